The van der Waals surface area contributed by atoms with Gasteiger partial charge in [0, 0.05) is 24.0 Å². The number of rotatable bonds is 4. The molecule has 1 saturated heterocycles. The van der Waals surface area contributed by atoms with E-state index in [1.54, 1.807) is 29.5 Å². The maximum absolute atomic E-state index is 12.6. The number of carbonyl (C=O) groups excluding carboxylic acids is 1. The highest BCUT2D eigenvalue weighted by Gasteiger charge is 2.27. The number of hydrogen-bond donors (Lipinski definition) is 0. The predicted octanol–water partition coefficient (Wildman–Crippen LogP) is 4.73. The number of ether oxygens (including phenoxy) is 1. The second-order valence-electron chi connectivity index (χ2n) is 6.44. The van der Waals surface area contributed by atoms with Crippen LogP contribution in [0.25, 0.3) is 10.2 Å². The van der Waals surface area contributed by atoms with E-state index in [2.05, 4.69) is 6.07 Å². The van der Waals surface area contributed by atoms with E-state index in [4.69, 9.17) is 21.3 Å². The lowest BCUT2D eigenvalue weighted by molar-refractivity contribution is -0.134. The summed E-state index contributed by atoms with van der Waals surface area (Å²) in [5.41, 5.74) is 1.04. The molecule has 1 atom stereocenters. The molecule has 0 saturated carbocycles. The first-order chi connectivity index (χ1) is 12.7. The number of likely N-dealkylation sites (tertiary alicyclic amines) is 1. The molecular formula is C20H19ClN2O2S. The van der Waals surface area contributed by atoms with Crippen LogP contribution >= 0.6 is 22.9 Å². The summed E-state index contributed by atoms with van der Waals surface area (Å²) in [6.45, 7) is 1.52. The second-order valence-corrected chi connectivity index (χ2v) is 7.94. The second kappa shape index (κ2) is 7.64. The fraction of sp³-hybridized carbons (Fsp3) is 0.300. The van der Waals surface area contributed by atoms with Crippen molar-refractivity contribution < 1.29 is 9.53 Å². The van der Waals surface area contributed by atoms with Crippen molar-refractivity contribution in [1.29, 1.82) is 0 Å². The number of hydrogen-bond acceptors (Lipinski definition) is 4. The van der Waals surface area contributed by atoms with E-state index in [0.717, 1.165) is 29.9 Å². The maximum Gasteiger partial charge on any atom is 0.260 e. The van der Waals surface area contributed by atoms with Gasteiger partial charge in [-0.3, -0.25) is 4.79 Å². The number of nitrogens with zero attached hydrogens (tertiary/aromatic N) is 2. The van der Waals surface area contributed by atoms with Gasteiger partial charge in [0.05, 0.1) is 15.2 Å². The van der Waals surface area contributed by atoms with Gasteiger partial charge < -0.3 is 9.64 Å². The van der Waals surface area contributed by atoms with Gasteiger partial charge in [-0.1, -0.05) is 29.8 Å². The molecule has 0 spiro atoms. The topological polar surface area (TPSA) is 42.4 Å². The molecule has 6 heteroatoms. The fourth-order valence-corrected chi connectivity index (χ4v) is 4.54. The molecule has 1 aliphatic heterocycles. The van der Waals surface area contributed by atoms with Crippen molar-refractivity contribution in [3.05, 3.63) is 58.6 Å². The lowest BCUT2D eigenvalue weighted by Gasteiger charge is -2.31. The molecule has 4 nitrogen and oxygen atoms in total. The van der Waals surface area contributed by atoms with Gasteiger partial charge in [0.15, 0.2) is 6.61 Å². The molecule has 0 unspecified atom stereocenters. The highest BCUT2D eigenvalue weighted by Crippen LogP contribution is 2.33. The summed E-state index contributed by atoms with van der Waals surface area (Å²) >= 11 is 7.68. The smallest absolute Gasteiger partial charge is 0.260 e. The molecule has 1 aliphatic rings. The van der Waals surface area contributed by atoms with Gasteiger partial charge in [0.25, 0.3) is 5.91 Å². The zero-order valence-corrected chi connectivity index (χ0v) is 15.8. The van der Waals surface area contributed by atoms with E-state index in [0.29, 0.717) is 23.2 Å². The first-order valence-corrected chi connectivity index (χ1v) is 9.90. The van der Waals surface area contributed by atoms with Crippen molar-refractivity contribution in [3.8, 4) is 5.75 Å². The largest absolute Gasteiger partial charge is 0.484 e. The van der Waals surface area contributed by atoms with Crippen molar-refractivity contribution in [2.24, 2.45) is 0 Å². The number of aromatic nitrogens is 1. The first-order valence-electron chi connectivity index (χ1n) is 8.70. The Balaban J connectivity index is 1.40. The van der Waals surface area contributed by atoms with Gasteiger partial charge in [-0.2, -0.15) is 0 Å². The minimum absolute atomic E-state index is 0.00999. The SMILES string of the molecule is O=C(COc1cccc(Cl)c1)N1CCC[C@@H](c2nc3ccccc3s2)C1. The van der Waals surface area contributed by atoms with E-state index in [1.165, 1.54) is 4.70 Å². The number of benzene rings is 2. The molecule has 1 amide bonds. The monoisotopic (exact) mass is 386 g/mol. The summed E-state index contributed by atoms with van der Waals surface area (Å²) in [7, 11) is 0. The third-order valence-corrected chi connectivity index (χ3v) is 6.03. The van der Waals surface area contributed by atoms with E-state index in [1.807, 2.05) is 29.2 Å². The average Bonchev–Trinajstić information content (AvgIpc) is 3.10. The summed E-state index contributed by atoms with van der Waals surface area (Å²) in [6, 6.07) is 15.3. The zero-order chi connectivity index (χ0) is 17.9. The maximum atomic E-state index is 12.6. The number of fused-ring (bicyclic) bond motifs is 1. The summed E-state index contributed by atoms with van der Waals surface area (Å²) in [5.74, 6) is 0.928. The van der Waals surface area contributed by atoms with Gasteiger partial charge in [-0.25, -0.2) is 4.98 Å². The van der Waals surface area contributed by atoms with Crippen LogP contribution in [0.2, 0.25) is 5.02 Å². The average molecular weight is 387 g/mol. The van der Waals surface area contributed by atoms with Crippen molar-refractivity contribution in [2.45, 2.75) is 18.8 Å². The van der Waals surface area contributed by atoms with Crippen LogP contribution in [0.5, 0.6) is 5.75 Å². The third-order valence-electron chi connectivity index (χ3n) is 4.59. The van der Waals surface area contributed by atoms with Crippen LogP contribution in [0, 0.1) is 0 Å². The Kier molecular flexibility index (Phi) is 5.09. The van der Waals surface area contributed by atoms with Gasteiger partial charge >= 0.3 is 0 Å². The molecule has 2 aromatic carbocycles. The number of carbonyl (C=O) groups is 1. The van der Waals surface area contributed by atoms with E-state index in [-0.39, 0.29) is 12.5 Å². The van der Waals surface area contributed by atoms with Crippen molar-refractivity contribution in [3.63, 3.8) is 0 Å². The van der Waals surface area contributed by atoms with Crippen LogP contribution in [-0.4, -0.2) is 35.5 Å². The highest BCUT2D eigenvalue weighted by atomic mass is 35.5. The number of para-hydroxylation sites is 1. The van der Waals surface area contributed by atoms with Crippen LogP contribution in [0.15, 0.2) is 48.5 Å². The Morgan fingerprint density at radius 1 is 1.27 bits per heavy atom. The number of thiazole rings is 1. The number of halogens is 1. The summed E-state index contributed by atoms with van der Waals surface area (Å²) in [5, 5.41) is 1.73. The molecule has 134 valence electrons. The molecule has 3 aromatic rings. The van der Waals surface area contributed by atoms with Crippen LogP contribution in [0.3, 0.4) is 0 Å². The van der Waals surface area contributed by atoms with Gasteiger partial charge in [-0.15, -0.1) is 11.3 Å². The molecule has 0 bridgehead atoms. The Labute approximate surface area is 161 Å². The van der Waals surface area contributed by atoms with Gasteiger partial charge in [0.2, 0.25) is 0 Å². The summed E-state index contributed by atoms with van der Waals surface area (Å²) in [4.78, 5) is 19.2. The molecule has 1 aromatic heterocycles. The standard InChI is InChI=1S/C20H19ClN2O2S/c21-15-6-3-7-16(11-15)25-13-19(24)23-10-4-5-14(12-23)20-22-17-8-1-2-9-18(17)26-20/h1-3,6-9,11,14H,4-5,10,12-13H2/t14-/m1/s1. The van der Waals surface area contributed by atoms with Crippen LogP contribution in [0.1, 0.15) is 23.8 Å². The highest BCUT2D eigenvalue weighted by molar-refractivity contribution is 7.18. The molecule has 0 aliphatic carbocycles. The lowest BCUT2D eigenvalue weighted by atomic mass is 9.99. The van der Waals surface area contributed by atoms with Gasteiger partial charge in [0.1, 0.15) is 5.75 Å². The van der Waals surface area contributed by atoms with E-state index < -0.39 is 0 Å². The summed E-state index contributed by atoms with van der Waals surface area (Å²) < 4.78 is 6.81. The van der Waals surface area contributed by atoms with Gasteiger partial charge in [-0.05, 0) is 43.2 Å². The number of piperidine rings is 1. The molecule has 2 heterocycles. The number of amides is 1. The normalized spacial score (nSPS) is 17.4. The van der Waals surface area contributed by atoms with Crippen LogP contribution in [-0.2, 0) is 4.79 Å². The van der Waals surface area contributed by atoms with Crippen LogP contribution in [0.4, 0.5) is 0 Å². The Morgan fingerprint density at radius 3 is 3.00 bits per heavy atom. The predicted molar refractivity (Wildman–Crippen MR) is 105 cm³/mol. The molecule has 4 rings (SSSR count). The van der Waals surface area contributed by atoms with E-state index in [9.17, 15) is 4.79 Å². The minimum atomic E-state index is 0.00999. The molecule has 0 N–H and O–H groups in total. The summed E-state index contributed by atoms with van der Waals surface area (Å²) in [6.07, 6.45) is 2.06. The molecule has 1 fully saturated rings. The fourth-order valence-electron chi connectivity index (χ4n) is 3.26. The lowest BCUT2D eigenvalue weighted by Crippen LogP contribution is -2.41. The molecule has 26 heavy (non-hydrogen) atoms. The van der Waals surface area contributed by atoms with Crippen molar-refractivity contribution in [1.82, 2.24) is 9.88 Å². The molecular weight excluding hydrogens is 368 g/mol. The molecule has 0 radical (unpaired) electrons. The van der Waals surface area contributed by atoms with Crippen molar-refractivity contribution in [2.75, 3.05) is 19.7 Å². The van der Waals surface area contributed by atoms with Crippen LogP contribution < -0.4 is 4.74 Å². The van der Waals surface area contributed by atoms with Crippen molar-refractivity contribution >= 4 is 39.1 Å². The van der Waals surface area contributed by atoms with E-state index >= 15 is 0 Å². The quantitative estimate of drug-likeness (QED) is 0.650. The Morgan fingerprint density at radius 2 is 2.15 bits per heavy atom. The first kappa shape index (κ1) is 17.3. The minimum Gasteiger partial charge on any atom is -0.484 e. The zero-order valence-electron chi connectivity index (χ0n) is 14.2. The Bertz CT molecular complexity index is 894. The Hall–Kier alpha value is -2.11. The third kappa shape index (κ3) is 3.84.